The normalized spacial score (nSPS) is 23.6. The van der Waals surface area contributed by atoms with Crippen molar-refractivity contribution in [2.75, 3.05) is 0 Å². The summed E-state index contributed by atoms with van der Waals surface area (Å²) >= 11 is 5.97. The molecule has 1 aromatic rings. The van der Waals surface area contributed by atoms with Crippen LogP contribution in [0.4, 0.5) is 5.88 Å². The number of amides is 1. The predicted octanol–water partition coefficient (Wildman–Crippen LogP) is 2.47. The zero-order valence-corrected chi connectivity index (χ0v) is 10.4. The predicted molar refractivity (Wildman–Crippen MR) is 64.7 cm³/mol. The van der Waals surface area contributed by atoms with Gasteiger partial charge in [0.1, 0.15) is 4.92 Å². The molecule has 18 heavy (non-hydrogen) atoms. The number of furan rings is 1. The van der Waals surface area contributed by atoms with Crippen LogP contribution in [-0.4, -0.2) is 22.2 Å². The van der Waals surface area contributed by atoms with Crippen molar-refractivity contribution in [1.82, 2.24) is 5.32 Å². The van der Waals surface area contributed by atoms with Crippen LogP contribution in [0.3, 0.4) is 0 Å². The summed E-state index contributed by atoms with van der Waals surface area (Å²) in [5.41, 5.74) is 0. The fourth-order valence-electron chi connectivity index (χ4n) is 2.00. The first-order valence-electron chi connectivity index (χ1n) is 5.75. The number of carbonyl (C=O) groups is 1. The Hall–Kier alpha value is -1.56. The highest BCUT2D eigenvalue weighted by Crippen LogP contribution is 2.23. The smallest absolute Gasteiger partial charge is 0.395 e. The average Bonchev–Trinajstić information content (AvgIpc) is 2.81. The van der Waals surface area contributed by atoms with Gasteiger partial charge in [-0.05, 0) is 31.7 Å². The molecule has 0 radical (unpaired) electrons. The van der Waals surface area contributed by atoms with E-state index >= 15 is 0 Å². The molecule has 0 atom stereocenters. The molecule has 1 aliphatic carbocycles. The molecule has 1 amide bonds. The van der Waals surface area contributed by atoms with Crippen LogP contribution < -0.4 is 5.32 Å². The Labute approximate surface area is 108 Å². The molecule has 2 rings (SSSR count). The van der Waals surface area contributed by atoms with E-state index < -0.39 is 16.7 Å². The third kappa shape index (κ3) is 3.01. The molecular formula is C11H13ClN2O4. The molecule has 1 saturated carbocycles. The second kappa shape index (κ2) is 5.39. The van der Waals surface area contributed by atoms with Gasteiger partial charge < -0.3 is 9.73 Å². The molecule has 0 bridgehead atoms. The lowest BCUT2D eigenvalue weighted by atomic mass is 9.95. The number of rotatable bonds is 3. The zero-order valence-electron chi connectivity index (χ0n) is 9.60. The van der Waals surface area contributed by atoms with Crippen molar-refractivity contribution >= 4 is 23.4 Å². The van der Waals surface area contributed by atoms with Gasteiger partial charge in [-0.15, -0.1) is 11.6 Å². The maximum atomic E-state index is 11.8. The quantitative estimate of drug-likeness (QED) is 0.520. The van der Waals surface area contributed by atoms with Crippen molar-refractivity contribution in [3.8, 4) is 0 Å². The van der Waals surface area contributed by atoms with Gasteiger partial charge in [-0.1, -0.05) is 0 Å². The second-order valence-corrected chi connectivity index (χ2v) is 4.93. The molecule has 1 heterocycles. The lowest BCUT2D eigenvalue weighted by molar-refractivity contribution is -0.402. The summed E-state index contributed by atoms with van der Waals surface area (Å²) in [6.45, 7) is 0. The van der Waals surface area contributed by atoms with Crippen molar-refractivity contribution in [1.29, 1.82) is 0 Å². The summed E-state index contributed by atoms with van der Waals surface area (Å²) in [5.74, 6) is -0.875. The molecule has 0 unspecified atom stereocenters. The fourth-order valence-corrected chi connectivity index (χ4v) is 2.25. The van der Waals surface area contributed by atoms with Crippen molar-refractivity contribution < 1.29 is 14.1 Å². The Morgan fingerprint density at radius 2 is 2.06 bits per heavy atom. The largest absolute Gasteiger partial charge is 0.433 e. The standard InChI is InChI=1S/C11H13ClN2O4/c12-7-1-3-8(4-2-7)13-11(15)9-5-6-10(18-9)14(16)17/h5-8H,1-4H2,(H,13,15). The Kier molecular flexibility index (Phi) is 3.86. The number of nitro groups is 1. The van der Waals surface area contributed by atoms with E-state index in [0.717, 1.165) is 25.7 Å². The number of nitrogens with zero attached hydrogens (tertiary/aromatic N) is 1. The van der Waals surface area contributed by atoms with Gasteiger partial charge in [0, 0.05) is 11.4 Å². The molecule has 1 fully saturated rings. The van der Waals surface area contributed by atoms with Crippen LogP contribution in [0, 0.1) is 10.1 Å². The molecule has 1 aliphatic rings. The van der Waals surface area contributed by atoms with Gasteiger partial charge in [0.05, 0.1) is 6.07 Å². The van der Waals surface area contributed by atoms with Crippen molar-refractivity contribution in [2.45, 2.75) is 37.1 Å². The molecule has 98 valence electrons. The summed E-state index contributed by atoms with van der Waals surface area (Å²) in [6, 6.07) is 2.54. The van der Waals surface area contributed by atoms with E-state index in [0.29, 0.717) is 0 Å². The highest BCUT2D eigenvalue weighted by atomic mass is 35.5. The molecule has 6 nitrogen and oxygen atoms in total. The summed E-state index contributed by atoms with van der Waals surface area (Å²) in [6.07, 6.45) is 3.38. The van der Waals surface area contributed by atoms with Crippen LogP contribution >= 0.6 is 11.6 Å². The monoisotopic (exact) mass is 272 g/mol. The number of hydrogen-bond acceptors (Lipinski definition) is 4. The lowest BCUT2D eigenvalue weighted by Gasteiger charge is -2.25. The minimum atomic E-state index is -0.671. The highest BCUT2D eigenvalue weighted by Gasteiger charge is 2.23. The van der Waals surface area contributed by atoms with E-state index in [1.54, 1.807) is 0 Å². The van der Waals surface area contributed by atoms with Crippen LogP contribution in [0.2, 0.25) is 0 Å². The van der Waals surface area contributed by atoms with Gasteiger partial charge in [0.2, 0.25) is 0 Å². The van der Waals surface area contributed by atoms with Gasteiger partial charge in [-0.2, -0.15) is 0 Å². The SMILES string of the molecule is O=C(NC1CCC(Cl)CC1)c1ccc([N+](=O)[O-])o1. The number of nitrogens with one attached hydrogen (secondary N) is 1. The van der Waals surface area contributed by atoms with E-state index in [4.69, 9.17) is 16.0 Å². The molecule has 1 N–H and O–H groups in total. The first kappa shape index (κ1) is 12.9. The van der Waals surface area contributed by atoms with Gasteiger partial charge >= 0.3 is 5.88 Å². The minimum Gasteiger partial charge on any atom is -0.395 e. The van der Waals surface area contributed by atoms with Crippen LogP contribution in [0.25, 0.3) is 0 Å². The van der Waals surface area contributed by atoms with E-state index in [2.05, 4.69) is 5.32 Å². The summed E-state index contributed by atoms with van der Waals surface area (Å²) in [7, 11) is 0. The Morgan fingerprint density at radius 3 is 2.61 bits per heavy atom. The first-order chi connectivity index (χ1) is 8.56. The van der Waals surface area contributed by atoms with Gasteiger partial charge in [0.15, 0.2) is 5.76 Å². The van der Waals surface area contributed by atoms with Gasteiger partial charge in [-0.25, -0.2) is 0 Å². The third-order valence-corrected chi connectivity index (χ3v) is 3.42. The number of halogens is 1. The maximum Gasteiger partial charge on any atom is 0.433 e. The number of alkyl halides is 1. The Bertz CT molecular complexity index is 452. The molecule has 0 aliphatic heterocycles. The maximum absolute atomic E-state index is 11.8. The van der Waals surface area contributed by atoms with Crippen molar-refractivity contribution in [3.63, 3.8) is 0 Å². The van der Waals surface area contributed by atoms with E-state index in [9.17, 15) is 14.9 Å². The van der Waals surface area contributed by atoms with E-state index in [1.165, 1.54) is 12.1 Å². The minimum absolute atomic E-state index is 0.0327. The first-order valence-corrected chi connectivity index (χ1v) is 6.19. The van der Waals surface area contributed by atoms with E-state index in [-0.39, 0.29) is 17.2 Å². The Morgan fingerprint density at radius 1 is 1.39 bits per heavy atom. The summed E-state index contributed by atoms with van der Waals surface area (Å²) in [4.78, 5) is 21.5. The molecule has 7 heteroatoms. The highest BCUT2D eigenvalue weighted by molar-refractivity contribution is 6.20. The second-order valence-electron chi connectivity index (χ2n) is 4.32. The Balaban J connectivity index is 1.93. The van der Waals surface area contributed by atoms with Crippen LogP contribution in [0.5, 0.6) is 0 Å². The van der Waals surface area contributed by atoms with Crippen molar-refractivity contribution in [2.24, 2.45) is 0 Å². The topological polar surface area (TPSA) is 85.4 Å². The molecule has 0 saturated heterocycles. The molecule has 1 aromatic heterocycles. The lowest BCUT2D eigenvalue weighted by Crippen LogP contribution is -2.37. The van der Waals surface area contributed by atoms with E-state index in [1.807, 2.05) is 0 Å². The van der Waals surface area contributed by atoms with Crippen LogP contribution in [0.15, 0.2) is 16.5 Å². The molecule has 0 aromatic carbocycles. The van der Waals surface area contributed by atoms with Crippen LogP contribution in [-0.2, 0) is 0 Å². The summed E-state index contributed by atoms with van der Waals surface area (Å²) < 4.78 is 4.83. The van der Waals surface area contributed by atoms with Crippen molar-refractivity contribution in [3.05, 3.63) is 28.0 Å². The average molecular weight is 273 g/mol. The summed E-state index contributed by atoms with van der Waals surface area (Å²) in [5, 5.41) is 13.4. The zero-order chi connectivity index (χ0) is 13.1. The molecule has 0 spiro atoms. The fraction of sp³-hybridized carbons (Fsp3) is 0.545. The van der Waals surface area contributed by atoms with Crippen LogP contribution in [0.1, 0.15) is 36.2 Å². The number of carbonyl (C=O) groups excluding carboxylic acids is 1. The van der Waals surface area contributed by atoms with Gasteiger partial charge in [-0.3, -0.25) is 14.9 Å². The number of hydrogen-bond donors (Lipinski definition) is 1. The van der Waals surface area contributed by atoms with Gasteiger partial charge in [0.25, 0.3) is 5.91 Å². The third-order valence-electron chi connectivity index (χ3n) is 2.99. The molecular weight excluding hydrogens is 260 g/mol.